The number of aromatic hydroxyl groups is 1. The van der Waals surface area contributed by atoms with E-state index in [4.69, 9.17) is 4.42 Å². The molecule has 0 unspecified atom stereocenters. The zero-order chi connectivity index (χ0) is 14.8. The fraction of sp³-hybridized carbons (Fsp3) is 0.0625. The molecule has 0 radical (unpaired) electrons. The molecule has 0 aliphatic heterocycles. The molecule has 21 heavy (non-hydrogen) atoms. The van der Waals surface area contributed by atoms with Crippen LogP contribution in [0.5, 0.6) is 5.75 Å². The van der Waals surface area contributed by atoms with E-state index in [1.807, 2.05) is 24.3 Å². The monoisotopic (exact) mass is 345 g/mol. The Balaban J connectivity index is 1.93. The third-order valence-electron chi connectivity index (χ3n) is 3.14. The maximum Gasteiger partial charge on any atom is 0.336 e. The van der Waals surface area contributed by atoms with Gasteiger partial charge in [0, 0.05) is 34.2 Å². The third kappa shape index (κ3) is 3.08. The van der Waals surface area contributed by atoms with Crippen molar-refractivity contribution in [2.45, 2.75) is 6.54 Å². The number of hydrogen-bond donors (Lipinski definition) is 2. The van der Waals surface area contributed by atoms with E-state index in [1.54, 1.807) is 12.1 Å². The van der Waals surface area contributed by atoms with E-state index < -0.39 is 5.63 Å². The molecule has 3 rings (SSSR count). The summed E-state index contributed by atoms with van der Waals surface area (Å²) in [6, 6.07) is 14.0. The van der Waals surface area contributed by atoms with E-state index in [0.29, 0.717) is 12.1 Å². The molecule has 0 aliphatic carbocycles. The van der Waals surface area contributed by atoms with E-state index in [-0.39, 0.29) is 5.75 Å². The normalized spacial score (nSPS) is 10.7. The van der Waals surface area contributed by atoms with Crippen molar-refractivity contribution >= 4 is 32.6 Å². The lowest BCUT2D eigenvalue weighted by Crippen LogP contribution is -2.05. The van der Waals surface area contributed by atoms with Crippen molar-refractivity contribution < 1.29 is 9.52 Å². The van der Waals surface area contributed by atoms with E-state index >= 15 is 0 Å². The Bertz CT molecular complexity index is 840. The van der Waals surface area contributed by atoms with Gasteiger partial charge in [-0.3, -0.25) is 0 Å². The molecule has 106 valence electrons. The molecule has 0 fully saturated rings. The topological polar surface area (TPSA) is 62.5 Å². The number of anilines is 1. The summed E-state index contributed by atoms with van der Waals surface area (Å²) in [6.07, 6.45) is 0. The molecule has 1 aromatic heterocycles. The number of phenolic OH excluding ortho intramolecular Hbond substituents is 1. The molecule has 0 atom stereocenters. The molecule has 0 spiro atoms. The number of phenols is 1. The largest absolute Gasteiger partial charge is 0.508 e. The van der Waals surface area contributed by atoms with Gasteiger partial charge < -0.3 is 14.8 Å². The minimum Gasteiger partial charge on any atom is -0.508 e. The van der Waals surface area contributed by atoms with Gasteiger partial charge in [-0.2, -0.15) is 0 Å². The Hall–Kier alpha value is -2.27. The second-order valence-electron chi connectivity index (χ2n) is 4.63. The fourth-order valence-electron chi connectivity index (χ4n) is 2.13. The van der Waals surface area contributed by atoms with E-state index in [1.165, 1.54) is 12.1 Å². The zero-order valence-corrected chi connectivity index (χ0v) is 12.6. The van der Waals surface area contributed by atoms with E-state index in [0.717, 1.165) is 21.1 Å². The van der Waals surface area contributed by atoms with Crippen LogP contribution in [0.4, 0.5) is 5.69 Å². The molecule has 0 saturated heterocycles. The standard InChI is InChI=1S/C16H12BrNO3/c17-11-1-3-12(4-2-11)18-9-10-7-16(20)21-15-8-13(19)5-6-14(10)15/h1-8,18-19H,9H2. The van der Waals surface area contributed by atoms with Gasteiger partial charge in [-0.1, -0.05) is 15.9 Å². The summed E-state index contributed by atoms with van der Waals surface area (Å²) in [5, 5.41) is 13.5. The molecule has 3 aromatic rings. The Morgan fingerprint density at radius 1 is 1.10 bits per heavy atom. The summed E-state index contributed by atoms with van der Waals surface area (Å²) >= 11 is 3.39. The first-order valence-corrected chi connectivity index (χ1v) is 7.16. The van der Waals surface area contributed by atoms with Crippen LogP contribution in [0.2, 0.25) is 0 Å². The fourth-order valence-corrected chi connectivity index (χ4v) is 2.39. The summed E-state index contributed by atoms with van der Waals surface area (Å²) in [6.45, 7) is 0.495. The summed E-state index contributed by atoms with van der Waals surface area (Å²) in [5.41, 5.74) is 1.73. The molecule has 1 heterocycles. The van der Waals surface area contributed by atoms with Crippen LogP contribution in [0.1, 0.15) is 5.56 Å². The molecule has 2 aromatic carbocycles. The highest BCUT2D eigenvalue weighted by atomic mass is 79.9. The van der Waals surface area contributed by atoms with Crippen molar-refractivity contribution in [2.24, 2.45) is 0 Å². The number of nitrogens with one attached hydrogen (secondary N) is 1. The maximum atomic E-state index is 11.6. The van der Waals surface area contributed by atoms with Crippen molar-refractivity contribution in [3.63, 3.8) is 0 Å². The van der Waals surface area contributed by atoms with Crippen molar-refractivity contribution in [1.82, 2.24) is 0 Å². The predicted octanol–water partition coefficient (Wildman–Crippen LogP) is 3.87. The lowest BCUT2D eigenvalue weighted by molar-refractivity contribution is 0.473. The van der Waals surface area contributed by atoms with E-state index in [2.05, 4.69) is 21.2 Å². The average Bonchev–Trinajstić information content (AvgIpc) is 2.45. The molecular formula is C16H12BrNO3. The zero-order valence-electron chi connectivity index (χ0n) is 11.0. The highest BCUT2D eigenvalue weighted by Gasteiger charge is 2.06. The van der Waals surface area contributed by atoms with Gasteiger partial charge in [0.05, 0.1) is 0 Å². The number of rotatable bonds is 3. The van der Waals surface area contributed by atoms with Crippen LogP contribution < -0.4 is 10.9 Å². The third-order valence-corrected chi connectivity index (χ3v) is 3.67. The van der Waals surface area contributed by atoms with Gasteiger partial charge in [0.15, 0.2) is 0 Å². The van der Waals surface area contributed by atoms with Crippen molar-refractivity contribution in [3.8, 4) is 5.75 Å². The Kier molecular flexibility index (Phi) is 3.66. The smallest absolute Gasteiger partial charge is 0.336 e. The second-order valence-corrected chi connectivity index (χ2v) is 5.55. The Labute approximate surface area is 129 Å². The van der Waals surface area contributed by atoms with Gasteiger partial charge >= 0.3 is 5.63 Å². The van der Waals surface area contributed by atoms with Crippen LogP contribution in [-0.4, -0.2) is 5.11 Å². The summed E-state index contributed by atoms with van der Waals surface area (Å²) < 4.78 is 6.11. The molecule has 0 aliphatic rings. The molecule has 2 N–H and O–H groups in total. The molecule has 0 saturated carbocycles. The quantitative estimate of drug-likeness (QED) is 0.707. The highest BCUT2D eigenvalue weighted by Crippen LogP contribution is 2.22. The molecule has 4 nitrogen and oxygen atoms in total. The number of benzene rings is 2. The first-order valence-electron chi connectivity index (χ1n) is 6.37. The average molecular weight is 346 g/mol. The Morgan fingerprint density at radius 2 is 1.86 bits per heavy atom. The van der Waals surface area contributed by atoms with Crippen LogP contribution in [0.25, 0.3) is 11.0 Å². The van der Waals surface area contributed by atoms with Crippen LogP contribution >= 0.6 is 15.9 Å². The highest BCUT2D eigenvalue weighted by molar-refractivity contribution is 9.10. The van der Waals surface area contributed by atoms with Crippen LogP contribution in [0.3, 0.4) is 0 Å². The molecule has 5 heteroatoms. The summed E-state index contributed by atoms with van der Waals surface area (Å²) in [4.78, 5) is 11.6. The molecule has 0 bridgehead atoms. The first kappa shape index (κ1) is 13.7. The van der Waals surface area contributed by atoms with Crippen molar-refractivity contribution in [2.75, 3.05) is 5.32 Å². The van der Waals surface area contributed by atoms with Crippen LogP contribution in [-0.2, 0) is 6.54 Å². The van der Waals surface area contributed by atoms with Gasteiger partial charge in [0.1, 0.15) is 11.3 Å². The Morgan fingerprint density at radius 3 is 2.62 bits per heavy atom. The van der Waals surface area contributed by atoms with Crippen molar-refractivity contribution in [3.05, 3.63) is 69.0 Å². The van der Waals surface area contributed by atoms with Gasteiger partial charge in [0.25, 0.3) is 0 Å². The SMILES string of the molecule is O=c1cc(CNc2ccc(Br)cc2)c2ccc(O)cc2o1. The summed E-state index contributed by atoms with van der Waals surface area (Å²) in [5.74, 6) is 0.0728. The summed E-state index contributed by atoms with van der Waals surface area (Å²) in [7, 11) is 0. The van der Waals surface area contributed by atoms with Crippen LogP contribution in [0.15, 0.2) is 62.2 Å². The van der Waals surface area contributed by atoms with Crippen LogP contribution in [0, 0.1) is 0 Å². The van der Waals surface area contributed by atoms with Gasteiger partial charge in [-0.05, 0) is 42.0 Å². The molecule has 0 amide bonds. The van der Waals surface area contributed by atoms with Gasteiger partial charge in [0.2, 0.25) is 0 Å². The lowest BCUT2D eigenvalue weighted by Gasteiger charge is -2.09. The van der Waals surface area contributed by atoms with Crippen molar-refractivity contribution in [1.29, 1.82) is 0 Å². The van der Waals surface area contributed by atoms with E-state index in [9.17, 15) is 9.90 Å². The lowest BCUT2D eigenvalue weighted by atomic mass is 10.1. The number of hydrogen-bond acceptors (Lipinski definition) is 4. The minimum atomic E-state index is -0.430. The first-order chi connectivity index (χ1) is 10.1. The minimum absolute atomic E-state index is 0.0728. The van der Waals surface area contributed by atoms with Gasteiger partial charge in [-0.25, -0.2) is 4.79 Å². The predicted molar refractivity (Wildman–Crippen MR) is 85.6 cm³/mol. The molecular weight excluding hydrogens is 334 g/mol. The number of halogens is 1. The number of fused-ring (bicyclic) bond motifs is 1. The maximum absolute atomic E-state index is 11.6. The second kappa shape index (κ2) is 5.61. The van der Waals surface area contributed by atoms with Gasteiger partial charge in [-0.15, -0.1) is 0 Å².